The second-order valence-corrected chi connectivity index (χ2v) is 3.44. The van der Waals surface area contributed by atoms with E-state index in [0.717, 1.165) is 32.4 Å². The van der Waals surface area contributed by atoms with E-state index in [1.165, 1.54) is 0 Å². The van der Waals surface area contributed by atoms with E-state index in [1.807, 2.05) is 0 Å². The zero-order valence-corrected chi connectivity index (χ0v) is 8.42. The fourth-order valence-electron chi connectivity index (χ4n) is 1.08. The monoisotopic (exact) mass is 184 g/mol. The molecule has 0 saturated carbocycles. The largest absolute Gasteiger partial charge is 0.396 e. The van der Waals surface area contributed by atoms with Crippen LogP contribution >= 0.6 is 0 Å². The van der Waals surface area contributed by atoms with Crippen LogP contribution in [0.5, 0.6) is 0 Å². The van der Waals surface area contributed by atoms with E-state index in [2.05, 4.69) is 18.3 Å². The standard InChI is InChI=1S/C10H20N2O/c1-10(9-13)5-4-8-12-7-3-2-6-11/h10,12-13H,2-5,7-9H2,1H3. The lowest BCUT2D eigenvalue weighted by Crippen LogP contribution is -2.17. The molecule has 0 heterocycles. The molecule has 0 rings (SSSR count). The van der Waals surface area contributed by atoms with Gasteiger partial charge in [-0.3, -0.25) is 0 Å². The molecule has 0 aromatic rings. The van der Waals surface area contributed by atoms with Gasteiger partial charge in [0.05, 0.1) is 6.07 Å². The van der Waals surface area contributed by atoms with Crippen molar-refractivity contribution in [3.05, 3.63) is 0 Å². The number of nitrogens with zero attached hydrogens (tertiary/aromatic N) is 1. The summed E-state index contributed by atoms with van der Waals surface area (Å²) in [5, 5.41) is 20.3. The maximum Gasteiger partial charge on any atom is 0.0622 e. The van der Waals surface area contributed by atoms with Crippen molar-refractivity contribution in [2.45, 2.75) is 32.6 Å². The fraction of sp³-hybridized carbons (Fsp3) is 0.900. The van der Waals surface area contributed by atoms with Crippen molar-refractivity contribution in [2.24, 2.45) is 5.92 Å². The summed E-state index contributed by atoms with van der Waals surface area (Å²) in [5.41, 5.74) is 0. The quantitative estimate of drug-likeness (QED) is 0.559. The number of aliphatic hydroxyl groups excluding tert-OH is 1. The number of nitrogens with one attached hydrogen (secondary N) is 1. The van der Waals surface area contributed by atoms with E-state index >= 15 is 0 Å². The van der Waals surface area contributed by atoms with Crippen LogP contribution in [0.3, 0.4) is 0 Å². The Morgan fingerprint density at radius 1 is 1.38 bits per heavy atom. The predicted octanol–water partition coefficient (Wildman–Crippen LogP) is 1.29. The smallest absolute Gasteiger partial charge is 0.0622 e. The minimum atomic E-state index is 0.286. The van der Waals surface area contributed by atoms with Gasteiger partial charge in [0.15, 0.2) is 0 Å². The van der Waals surface area contributed by atoms with Gasteiger partial charge < -0.3 is 10.4 Å². The molecule has 2 N–H and O–H groups in total. The zero-order chi connectivity index (χ0) is 9.94. The third-order valence-electron chi connectivity index (χ3n) is 2.00. The lowest BCUT2D eigenvalue weighted by atomic mass is 10.1. The number of nitriles is 1. The Balaban J connectivity index is 2.96. The summed E-state index contributed by atoms with van der Waals surface area (Å²) in [6.07, 6.45) is 3.75. The highest BCUT2D eigenvalue weighted by atomic mass is 16.3. The normalized spacial score (nSPS) is 12.4. The van der Waals surface area contributed by atoms with Gasteiger partial charge in [-0.05, 0) is 38.3 Å². The molecule has 76 valence electrons. The maximum absolute atomic E-state index is 8.75. The molecule has 0 aliphatic heterocycles. The van der Waals surface area contributed by atoms with Gasteiger partial charge in [-0.25, -0.2) is 0 Å². The van der Waals surface area contributed by atoms with E-state index in [0.29, 0.717) is 12.3 Å². The molecule has 0 spiro atoms. The average Bonchev–Trinajstić information content (AvgIpc) is 2.16. The van der Waals surface area contributed by atoms with Crippen molar-refractivity contribution < 1.29 is 5.11 Å². The van der Waals surface area contributed by atoms with E-state index in [4.69, 9.17) is 10.4 Å². The molecule has 0 aromatic carbocycles. The molecule has 0 saturated heterocycles. The Bertz CT molecular complexity index is 142. The molecular weight excluding hydrogens is 164 g/mol. The van der Waals surface area contributed by atoms with Crippen LogP contribution < -0.4 is 5.32 Å². The van der Waals surface area contributed by atoms with Crippen LogP contribution in [0, 0.1) is 17.2 Å². The number of hydrogen-bond acceptors (Lipinski definition) is 3. The lowest BCUT2D eigenvalue weighted by Gasteiger charge is -2.07. The van der Waals surface area contributed by atoms with Crippen LogP contribution in [-0.2, 0) is 0 Å². The van der Waals surface area contributed by atoms with Gasteiger partial charge >= 0.3 is 0 Å². The molecule has 1 atom stereocenters. The molecule has 3 nitrogen and oxygen atoms in total. The molecule has 0 amide bonds. The van der Waals surface area contributed by atoms with Gasteiger partial charge in [0.25, 0.3) is 0 Å². The highest BCUT2D eigenvalue weighted by Gasteiger charge is 1.98. The van der Waals surface area contributed by atoms with Gasteiger partial charge in [0, 0.05) is 13.0 Å². The van der Waals surface area contributed by atoms with Crippen LogP contribution in [0.15, 0.2) is 0 Å². The van der Waals surface area contributed by atoms with Gasteiger partial charge in [-0.2, -0.15) is 5.26 Å². The van der Waals surface area contributed by atoms with Crippen LogP contribution in [0.25, 0.3) is 0 Å². The predicted molar refractivity (Wildman–Crippen MR) is 53.2 cm³/mol. The molecule has 0 bridgehead atoms. The first-order chi connectivity index (χ1) is 6.31. The van der Waals surface area contributed by atoms with Gasteiger partial charge in [0.2, 0.25) is 0 Å². The minimum Gasteiger partial charge on any atom is -0.396 e. The number of aliphatic hydroxyl groups is 1. The molecule has 0 aromatic heterocycles. The van der Waals surface area contributed by atoms with E-state index < -0.39 is 0 Å². The molecule has 13 heavy (non-hydrogen) atoms. The molecule has 0 aliphatic rings. The fourth-order valence-corrected chi connectivity index (χ4v) is 1.08. The summed E-state index contributed by atoms with van der Waals surface area (Å²) < 4.78 is 0. The van der Waals surface area contributed by atoms with Crippen LogP contribution in [0.4, 0.5) is 0 Å². The Labute approximate surface area is 80.8 Å². The van der Waals surface area contributed by atoms with Gasteiger partial charge in [0.1, 0.15) is 0 Å². The van der Waals surface area contributed by atoms with Crippen molar-refractivity contribution >= 4 is 0 Å². The van der Waals surface area contributed by atoms with E-state index in [1.54, 1.807) is 0 Å². The Kier molecular flexibility index (Phi) is 9.07. The second kappa shape index (κ2) is 9.50. The van der Waals surface area contributed by atoms with Crippen molar-refractivity contribution in [1.29, 1.82) is 5.26 Å². The van der Waals surface area contributed by atoms with Crippen LogP contribution in [0.2, 0.25) is 0 Å². The molecule has 1 unspecified atom stereocenters. The van der Waals surface area contributed by atoms with E-state index in [-0.39, 0.29) is 6.61 Å². The molecular formula is C10H20N2O. The minimum absolute atomic E-state index is 0.286. The van der Waals surface area contributed by atoms with Crippen molar-refractivity contribution in [3.63, 3.8) is 0 Å². The van der Waals surface area contributed by atoms with Crippen LogP contribution in [0.1, 0.15) is 32.6 Å². The number of unbranched alkanes of at least 4 members (excludes halogenated alkanes) is 1. The lowest BCUT2D eigenvalue weighted by molar-refractivity contribution is 0.228. The van der Waals surface area contributed by atoms with Crippen molar-refractivity contribution in [2.75, 3.05) is 19.7 Å². The molecule has 0 fully saturated rings. The topological polar surface area (TPSA) is 56.0 Å². The Morgan fingerprint density at radius 3 is 2.69 bits per heavy atom. The summed E-state index contributed by atoms with van der Waals surface area (Å²) in [7, 11) is 0. The maximum atomic E-state index is 8.75. The second-order valence-electron chi connectivity index (χ2n) is 3.44. The third-order valence-corrected chi connectivity index (χ3v) is 2.00. The van der Waals surface area contributed by atoms with Crippen LogP contribution in [-0.4, -0.2) is 24.8 Å². The molecule has 0 radical (unpaired) electrons. The van der Waals surface area contributed by atoms with Crippen molar-refractivity contribution in [1.82, 2.24) is 5.32 Å². The summed E-state index contributed by atoms with van der Waals surface area (Å²) in [6, 6.07) is 2.11. The van der Waals surface area contributed by atoms with E-state index in [9.17, 15) is 0 Å². The first-order valence-corrected chi connectivity index (χ1v) is 4.99. The highest BCUT2D eigenvalue weighted by Crippen LogP contribution is 2.02. The first-order valence-electron chi connectivity index (χ1n) is 4.99. The summed E-state index contributed by atoms with van der Waals surface area (Å²) >= 11 is 0. The number of rotatable bonds is 8. The first kappa shape index (κ1) is 12.4. The van der Waals surface area contributed by atoms with Gasteiger partial charge in [-0.1, -0.05) is 6.92 Å². The third kappa shape index (κ3) is 9.32. The van der Waals surface area contributed by atoms with Crippen molar-refractivity contribution in [3.8, 4) is 6.07 Å². The average molecular weight is 184 g/mol. The summed E-state index contributed by atoms with van der Waals surface area (Å²) in [6.45, 7) is 4.26. The Hall–Kier alpha value is -0.590. The summed E-state index contributed by atoms with van der Waals surface area (Å²) in [4.78, 5) is 0. The Morgan fingerprint density at radius 2 is 2.08 bits per heavy atom. The van der Waals surface area contributed by atoms with Gasteiger partial charge in [-0.15, -0.1) is 0 Å². The molecule has 3 heteroatoms. The zero-order valence-electron chi connectivity index (χ0n) is 8.42. The highest BCUT2D eigenvalue weighted by molar-refractivity contribution is 4.68. The number of hydrogen-bond donors (Lipinski definition) is 2. The summed E-state index contributed by atoms with van der Waals surface area (Å²) in [5.74, 6) is 0.418. The SMILES string of the molecule is CC(CO)CCCNCCCC#N. The molecule has 0 aliphatic carbocycles.